The third-order valence-corrected chi connectivity index (χ3v) is 3.66. The molecular formula is C9H9ClN2O2S. The molecule has 2 heterocycles. The van der Waals surface area contributed by atoms with E-state index in [9.17, 15) is 4.79 Å². The predicted molar refractivity (Wildman–Crippen MR) is 58.9 cm³/mol. The summed E-state index contributed by atoms with van der Waals surface area (Å²) in [5.74, 6) is -0.507. The summed E-state index contributed by atoms with van der Waals surface area (Å²) in [6, 6.07) is 0. The van der Waals surface area contributed by atoms with E-state index in [0.29, 0.717) is 5.15 Å². The smallest absolute Gasteiger partial charge is 0.359 e. The summed E-state index contributed by atoms with van der Waals surface area (Å²) in [6.07, 6.45) is 0. The normalized spacial score (nSPS) is 10.9. The van der Waals surface area contributed by atoms with Gasteiger partial charge >= 0.3 is 5.97 Å². The van der Waals surface area contributed by atoms with Gasteiger partial charge in [0.25, 0.3) is 0 Å². The molecule has 0 saturated carbocycles. The van der Waals surface area contributed by atoms with Gasteiger partial charge in [-0.2, -0.15) is 0 Å². The molecule has 0 N–H and O–H groups in total. The molecule has 0 amide bonds. The van der Waals surface area contributed by atoms with E-state index in [1.54, 1.807) is 4.40 Å². The summed E-state index contributed by atoms with van der Waals surface area (Å²) < 4.78 is 6.35. The molecule has 2 aromatic rings. The Morgan fingerprint density at radius 1 is 1.53 bits per heavy atom. The molecule has 2 rings (SSSR count). The molecule has 4 nitrogen and oxygen atoms in total. The van der Waals surface area contributed by atoms with E-state index < -0.39 is 5.97 Å². The molecule has 0 spiro atoms. The lowest BCUT2D eigenvalue weighted by atomic mass is 10.4. The van der Waals surface area contributed by atoms with E-state index in [1.165, 1.54) is 18.4 Å². The van der Waals surface area contributed by atoms with Gasteiger partial charge in [0.1, 0.15) is 5.15 Å². The van der Waals surface area contributed by atoms with Gasteiger partial charge in [-0.25, -0.2) is 9.78 Å². The van der Waals surface area contributed by atoms with Crippen molar-refractivity contribution >= 4 is 33.9 Å². The third-order valence-electron chi connectivity index (χ3n) is 2.26. The minimum absolute atomic E-state index is 0.175. The number of rotatable bonds is 1. The van der Waals surface area contributed by atoms with Gasteiger partial charge in [0.2, 0.25) is 0 Å². The number of halogens is 1. The lowest BCUT2D eigenvalue weighted by Gasteiger charge is -1.96. The zero-order valence-corrected chi connectivity index (χ0v) is 10.1. The molecule has 0 aromatic carbocycles. The van der Waals surface area contributed by atoms with Crippen molar-refractivity contribution in [2.75, 3.05) is 7.11 Å². The summed E-state index contributed by atoms with van der Waals surface area (Å²) in [4.78, 5) is 17.3. The van der Waals surface area contributed by atoms with Crippen molar-refractivity contribution in [3.63, 3.8) is 0 Å². The molecule has 6 heteroatoms. The molecule has 0 aliphatic rings. The number of imidazole rings is 1. The first-order valence-corrected chi connectivity index (χ1v) is 5.48. The van der Waals surface area contributed by atoms with Crippen LogP contribution in [0.4, 0.5) is 0 Å². The Morgan fingerprint density at radius 2 is 2.20 bits per heavy atom. The van der Waals surface area contributed by atoms with Crippen LogP contribution in [0.5, 0.6) is 0 Å². The van der Waals surface area contributed by atoms with E-state index in [1.807, 2.05) is 13.8 Å². The first-order valence-electron chi connectivity index (χ1n) is 4.28. The average molecular weight is 245 g/mol. The number of thiazole rings is 1. The monoisotopic (exact) mass is 244 g/mol. The van der Waals surface area contributed by atoms with E-state index in [0.717, 1.165) is 15.5 Å². The number of carbonyl (C=O) groups excluding carboxylic acids is 1. The fraction of sp³-hybridized carbons (Fsp3) is 0.333. The Morgan fingerprint density at radius 3 is 2.73 bits per heavy atom. The van der Waals surface area contributed by atoms with Gasteiger partial charge in [-0.05, 0) is 13.8 Å². The van der Waals surface area contributed by atoms with Crippen LogP contribution in [0, 0.1) is 13.8 Å². The Balaban J connectivity index is 2.72. The Labute approximate surface area is 95.4 Å². The Bertz CT molecular complexity index is 544. The van der Waals surface area contributed by atoms with Gasteiger partial charge in [-0.3, -0.25) is 4.40 Å². The number of fused-ring (bicyclic) bond motifs is 1. The number of aryl methyl sites for hydroxylation is 2. The summed E-state index contributed by atoms with van der Waals surface area (Å²) in [5.41, 5.74) is 1.18. The number of nitrogens with zero attached hydrogens (tertiary/aromatic N) is 2. The minimum atomic E-state index is -0.507. The second-order valence-corrected chi connectivity index (χ2v) is 4.64. The summed E-state index contributed by atoms with van der Waals surface area (Å²) in [7, 11) is 1.31. The zero-order valence-electron chi connectivity index (χ0n) is 8.50. The fourth-order valence-corrected chi connectivity index (χ4v) is 2.68. The second-order valence-electron chi connectivity index (χ2n) is 3.10. The highest BCUT2D eigenvalue weighted by Gasteiger charge is 2.21. The highest BCUT2D eigenvalue weighted by atomic mass is 35.5. The molecule has 0 aliphatic heterocycles. The molecule has 2 aromatic heterocycles. The quantitative estimate of drug-likeness (QED) is 0.724. The molecule has 80 valence electrons. The summed E-state index contributed by atoms with van der Waals surface area (Å²) >= 11 is 7.56. The molecule has 0 bridgehead atoms. The lowest BCUT2D eigenvalue weighted by molar-refractivity contribution is 0.0595. The SMILES string of the molecule is COC(=O)c1nc2sc(C)c(C)n2c1Cl. The lowest BCUT2D eigenvalue weighted by Crippen LogP contribution is -2.02. The van der Waals surface area contributed by atoms with E-state index >= 15 is 0 Å². The van der Waals surface area contributed by atoms with E-state index in [2.05, 4.69) is 9.72 Å². The number of carbonyl (C=O) groups is 1. The number of hydrogen-bond acceptors (Lipinski definition) is 4. The molecule has 0 radical (unpaired) electrons. The first-order chi connectivity index (χ1) is 7.06. The predicted octanol–water partition coefficient (Wildman–Crippen LogP) is 2.45. The van der Waals surface area contributed by atoms with Crippen LogP contribution in [-0.4, -0.2) is 22.5 Å². The number of methoxy groups -OCH3 is 1. The molecule has 0 unspecified atom stereocenters. The van der Waals surface area contributed by atoms with Crippen LogP contribution >= 0.6 is 22.9 Å². The molecular weight excluding hydrogens is 236 g/mol. The maximum Gasteiger partial charge on any atom is 0.359 e. The van der Waals surface area contributed by atoms with Crippen LogP contribution in [0.15, 0.2) is 0 Å². The van der Waals surface area contributed by atoms with Crippen LogP contribution in [0.1, 0.15) is 21.1 Å². The van der Waals surface area contributed by atoms with E-state index in [4.69, 9.17) is 11.6 Å². The van der Waals surface area contributed by atoms with Gasteiger partial charge in [0, 0.05) is 10.6 Å². The molecule has 0 fully saturated rings. The third kappa shape index (κ3) is 1.42. The molecule has 0 atom stereocenters. The van der Waals surface area contributed by atoms with Crippen LogP contribution in [0.25, 0.3) is 4.96 Å². The number of aromatic nitrogens is 2. The van der Waals surface area contributed by atoms with Crippen molar-refractivity contribution < 1.29 is 9.53 Å². The largest absolute Gasteiger partial charge is 0.464 e. The fourth-order valence-electron chi connectivity index (χ4n) is 1.34. The molecule has 0 aliphatic carbocycles. The topological polar surface area (TPSA) is 43.6 Å². The highest BCUT2D eigenvalue weighted by Crippen LogP contribution is 2.28. The zero-order chi connectivity index (χ0) is 11.2. The van der Waals surface area contributed by atoms with Crippen LogP contribution in [0.2, 0.25) is 5.15 Å². The van der Waals surface area contributed by atoms with Crippen molar-refractivity contribution in [2.45, 2.75) is 13.8 Å². The number of ether oxygens (including phenoxy) is 1. The van der Waals surface area contributed by atoms with Crippen molar-refractivity contribution in [1.82, 2.24) is 9.38 Å². The van der Waals surface area contributed by atoms with Gasteiger partial charge in [0.05, 0.1) is 7.11 Å². The minimum Gasteiger partial charge on any atom is -0.464 e. The second kappa shape index (κ2) is 3.50. The van der Waals surface area contributed by atoms with Crippen LogP contribution < -0.4 is 0 Å². The standard InChI is InChI=1S/C9H9ClN2O2S/c1-4-5(2)15-9-11-6(8(13)14-3)7(10)12(4)9/h1-3H3. The van der Waals surface area contributed by atoms with Gasteiger partial charge < -0.3 is 4.74 Å². The number of hydrogen-bond donors (Lipinski definition) is 0. The maximum atomic E-state index is 11.3. The van der Waals surface area contributed by atoms with Gasteiger partial charge in [-0.15, -0.1) is 11.3 Å². The summed E-state index contributed by atoms with van der Waals surface area (Å²) in [6.45, 7) is 3.93. The maximum absolute atomic E-state index is 11.3. The van der Waals surface area contributed by atoms with E-state index in [-0.39, 0.29) is 5.69 Å². The summed E-state index contributed by atoms with van der Waals surface area (Å²) in [5, 5.41) is 0.318. The number of esters is 1. The average Bonchev–Trinajstić information content (AvgIpc) is 2.66. The Hall–Kier alpha value is -1.07. The highest BCUT2D eigenvalue weighted by molar-refractivity contribution is 7.17. The van der Waals surface area contributed by atoms with Crippen molar-refractivity contribution in [3.8, 4) is 0 Å². The Kier molecular flexibility index (Phi) is 2.44. The molecule has 0 saturated heterocycles. The van der Waals surface area contributed by atoms with Crippen molar-refractivity contribution in [3.05, 3.63) is 21.4 Å². The van der Waals surface area contributed by atoms with Gasteiger partial charge in [0.15, 0.2) is 10.7 Å². The first kappa shape index (κ1) is 10.4. The van der Waals surface area contributed by atoms with Gasteiger partial charge in [-0.1, -0.05) is 11.6 Å². The van der Waals surface area contributed by atoms with Crippen LogP contribution in [-0.2, 0) is 4.74 Å². The molecule has 15 heavy (non-hydrogen) atoms. The van der Waals surface area contributed by atoms with Crippen molar-refractivity contribution in [2.24, 2.45) is 0 Å². The van der Waals surface area contributed by atoms with Crippen molar-refractivity contribution in [1.29, 1.82) is 0 Å². The van der Waals surface area contributed by atoms with Crippen LogP contribution in [0.3, 0.4) is 0 Å².